The summed E-state index contributed by atoms with van der Waals surface area (Å²) in [6, 6.07) is 8.01. The molecule has 30 heavy (non-hydrogen) atoms. The lowest BCUT2D eigenvalue weighted by Crippen LogP contribution is -2.77. The first-order chi connectivity index (χ1) is 14.4. The fourth-order valence-electron chi connectivity index (χ4n) is 2.92. The average molecular weight is 432 g/mol. The van der Waals surface area contributed by atoms with Gasteiger partial charge >= 0.3 is 0 Å². The summed E-state index contributed by atoms with van der Waals surface area (Å²) >= 11 is 4.09. The van der Waals surface area contributed by atoms with E-state index in [0.29, 0.717) is 12.3 Å². The number of carbonyl (C=O) groups is 1. The van der Waals surface area contributed by atoms with Gasteiger partial charge in [-0.25, -0.2) is 0 Å². The van der Waals surface area contributed by atoms with Gasteiger partial charge in [-0.3, -0.25) is 4.79 Å². The van der Waals surface area contributed by atoms with Crippen LogP contribution in [0, 0.1) is 0 Å². The number of nitrogens with zero attached hydrogens (tertiary/aromatic N) is 2. The molecule has 166 valence electrons. The first-order valence-electron chi connectivity index (χ1n) is 10.7. The topological polar surface area (TPSA) is 66.2 Å². The Morgan fingerprint density at radius 2 is 1.87 bits per heavy atom. The molecule has 1 rings (SSSR count). The van der Waals surface area contributed by atoms with Crippen molar-refractivity contribution < 1.29 is 10.1 Å². The van der Waals surface area contributed by atoms with Crippen LogP contribution in [-0.2, 0) is 4.79 Å². The minimum absolute atomic E-state index is 0.0530. The summed E-state index contributed by atoms with van der Waals surface area (Å²) in [6.45, 7) is 6.88. The Morgan fingerprint density at radius 3 is 2.47 bits per heavy atom. The van der Waals surface area contributed by atoms with Crippen LogP contribution in [0.1, 0.15) is 32.3 Å². The number of carbonyl (C=O) groups excluding carboxylic acids is 1. The van der Waals surface area contributed by atoms with Gasteiger partial charge < -0.3 is 20.9 Å². The maximum Gasteiger partial charge on any atom is 0.240 e. The molecular weight excluding hydrogens is 392 g/mol. The van der Waals surface area contributed by atoms with Crippen LogP contribution in [0.15, 0.2) is 54.3 Å². The molecule has 1 aromatic carbocycles. The Morgan fingerprint density at radius 1 is 1.17 bits per heavy atom. The Bertz CT molecular complexity index is 712. The van der Waals surface area contributed by atoms with Crippen LogP contribution in [0.5, 0.6) is 0 Å². The Hall–Kier alpha value is -2.02. The number of hydrogen-bond donors (Lipinski definition) is 3. The molecule has 0 heterocycles. The molecule has 0 bridgehead atoms. The molecule has 0 saturated heterocycles. The van der Waals surface area contributed by atoms with Crippen molar-refractivity contribution in [3.63, 3.8) is 0 Å². The number of quaternary nitrogens is 1. The standard InChI is InChI=1S/C24H38N4OS/c1-5-8-20(15-16-26-6-2)9-10-21-11-13-22(14-12-21)27(3)17-7-18-28(4)24(29)23(25)19-30/h8-16,23,26,30H,5-7,17-19,25H2,1-4H3/p+1/b10-9+,16-15-,20-8-. The number of benzene rings is 1. The van der Waals surface area contributed by atoms with Gasteiger partial charge in [0.05, 0.1) is 18.8 Å². The summed E-state index contributed by atoms with van der Waals surface area (Å²) in [7, 11) is 3.87. The van der Waals surface area contributed by atoms with Gasteiger partial charge in [-0.2, -0.15) is 12.6 Å². The fraction of sp³-hybridized carbons (Fsp3) is 0.458. The Balaban J connectivity index is 2.58. The molecule has 4 N–H and O–H groups in total. The number of likely N-dealkylation sites (N-methyl/N-ethyl adjacent to an activating group) is 1. The number of anilines is 1. The molecule has 1 aromatic rings. The minimum atomic E-state index is -0.524. The number of thiol groups is 1. The Labute approximate surface area is 188 Å². The lowest BCUT2D eigenvalue weighted by molar-refractivity contribution is -0.584. The van der Waals surface area contributed by atoms with Gasteiger partial charge in [-0.05, 0) is 49.1 Å². The predicted octanol–water partition coefficient (Wildman–Crippen LogP) is 2.67. The summed E-state index contributed by atoms with van der Waals surface area (Å²) in [5.74, 6) is 0.315. The van der Waals surface area contributed by atoms with Crippen molar-refractivity contribution in [3.8, 4) is 0 Å². The third-order valence-corrected chi connectivity index (χ3v) is 5.17. The van der Waals surface area contributed by atoms with Crippen LogP contribution in [0.2, 0.25) is 0 Å². The molecule has 6 heteroatoms. The number of hydrogen-bond acceptors (Lipinski definition) is 4. The molecule has 0 aromatic heterocycles. The quantitative estimate of drug-likeness (QED) is 0.332. The van der Waals surface area contributed by atoms with Gasteiger partial charge in [-0.1, -0.05) is 37.3 Å². The van der Waals surface area contributed by atoms with E-state index < -0.39 is 6.04 Å². The monoisotopic (exact) mass is 431 g/mol. The van der Waals surface area contributed by atoms with Crippen molar-refractivity contribution >= 4 is 30.3 Å². The molecule has 0 fully saturated rings. The lowest BCUT2D eigenvalue weighted by atomic mass is 10.1. The van der Waals surface area contributed by atoms with E-state index in [9.17, 15) is 4.79 Å². The zero-order chi connectivity index (χ0) is 22.4. The van der Waals surface area contributed by atoms with E-state index in [4.69, 9.17) is 5.73 Å². The molecule has 0 aliphatic heterocycles. The van der Waals surface area contributed by atoms with E-state index in [0.717, 1.165) is 31.6 Å². The molecule has 5 nitrogen and oxygen atoms in total. The zero-order valence-corrected chi connectivity index (χ0v) is 19.8. The largest absolute Gasteiger partial charge is 0.375 e. The van der Waals surface area contributed by atoms with E-state index in [-0.39, 0.29) is 5.91 Å². The second kappa shape index (κ2) is 14.9. The van der Waals surface area contributed by atoms with Crippen molar-refractivity contribution in [2.24, 2.45) is 5.73 Å². The van der Waals surface area contributed by atoms with Gasteiger partial charge in [0.25, 0.3) is 0 Å². The van der Waals surface area contributed by atoms with E-state index in [1.165, 1.54) is 11.1 Å². The maximum absolute atomic E-state index is 12.0. The number of amides is 1. The van der Waals surface area contributed by atoms with Crippen molar-refractivity contribution in [1.29, 1.82) is 0 Å². The number of rotatable bonds is 13. The van der Waals surface area contributed by atoms with Crippen LogP contribution in [0.25, 0.3) is 6.08 Å². The van der Waals surface area contributed by atoms with Crippen LogP contribution in [-0.4, -0.2) is 56.3 Å². The van der Waals surface area contributed by atoms with Gasteiger partial charge in [0.15, 0.2) is 0 Å². The molecule has 0 aliphatic carbocycles. The molecule has 0 radical (unpaired) electrons. The smallest absolute Gasteiger partial charge is 0.240 e. The first-order valence-corrected chi connectivity index (χ1v) is 11.4. The number of nitrogens with two attached hydrogens (primary N) is 2. The predicted molar refractivity (Wildman–Crippen MR) is 133 cm³/mol. The van der Waals surface area contributed by atoms with Crippen LogP contribution in [0.4, 0.5) is 5.69 Å². The summed E-state index contributed by atoms with van der Waals surface area (Å²) in [5, 5.41) is 2.16. The molecule has 1 unspecified atom stereocenters. The Kier molecular flexibility index (Phi) is 12.9. The highest BCUT2D eigenvalue weighted by molar-refractivity contribution is 7.80. The van der Waals surface area contributed by atoms with E-state index in [1.54, 1.807) is 11.9 Å². The van der Waals surface area contributed by atoms with E-state index in [2.05, 4.69) is 98.5 Å². The summed E-state index contributed by atoms with van der Waals surface area (Å²) < 4.78 is 0. The highest BCUT2D eigenvalue weighted by Gasteiger charge is 2.16. The van der Waals surface area contributed by atoms with E-state index in [1.807, 2.05) is 0 Å². The van der Waals surface area contributed by atoms with Crippen molar-refractivity contribution in [1.82, 2.24) is 4.90 Å². The molecular formula is C24H39N4OS+. The van der Waals surface area contributed by atoms with Gasteiger partial charge in [0.2, 0.25) is 5.91 Å². The van der Waals surface area contributed by atoms with Crippen molar-refractivity contribution in [2.75, 3.05) is 44.4 Å². The summed E-state index contributed by atoms with van der Waals surface area (Å²) in [4.78, 5) is 15.9. The van der Waals surface area contributed by atoms with Crippen LogP contribution in [0.3, 0.4) is 0 Å². The third-order valence-electron chi connectivity index (χ3n) is 4.78. The maximum atomic E-state index is 12.0. The van der Waals surface area contributed by atoms with Gasteiger partial charge in [0.1, 0.15) is 0 Å². The molecule has 0 spiro atoms. The van der Waals surface area contributed by atoms with Gasteiger partial charge in [-0.15, -0.1) is 0 Å². The third kappa shape index (κ3) is 9.65. The lowest BCUT2D eigenvalue weighted by Gasteiger charge is -2.23. The van der Waals surface area contributed by atoms with Gasteiger partial charge in [0, 0.05) is 38.6 Å². The average Bonchev–Trinajstić information content (AvgIpc) is 2.76. The highest BCUT2D eigenvalue weighted by Crippen LogP contribution is 2.16. The highest BCUT2D eigenvalue weighted by atomic mass is 32.1. The van der Waals surface area contributed by atoms with Crippen LogP contribution >= 0.6 is 12.6 Å². The second-order valence-electron chi connectivity index (χ2n) is 7.36. The van der Waals surface area contributed by atoms with E-state index >= 15 is 0 Å². The molecule has 1 amide bonds. The van der Waals surface area contributed by atoms with Crippen LogP contribution < -0.4 is 16.0 Å². The summed E-state index contributed by atoms with van der Waals surface area (Å²) in [6.07, 6.45) is 12.7. The molecule has 1 atom stereocenters. The molecule has 0 saturated carbocycles. The first kappa shape index (κ1) is 26.0. The fourth-order valence-corrected chi connectivity index (χ4v) is 3.08. The van der Waals surface area contributed by atoms with Crippen molar-refractivity contribution in [3.05, 3.63) is 59.8 Å². The number of allylic oxidation sites excluding steroid dienone is 4. The zero-order valence-electron chi connectivity index (χ0n) is 18.9. The van der Waals surface area contributed by atoms with Crippen molar-refractivity contribution in [2.45, 2.75) is 32.7 Å². The minimum Gasteiger partial charge on any atom is -0.375 e. The second-order valence-corrected chi connectivity index (χ2v) is 7.73. The SMILES string of the molecule is CC/C=C(\C=C/[NH2+]CC)/C=C/c1ccc(N(C)CCCN(C)C(=O)C(N)CS)cc1. The molecule has 0 aliphatic rings. The summed E-state index contributed by atoms with van der Waals surface area (Å²) in [5.41, 5.74) is 9.31. The normalized spacial score (nSPS) is 13.2.